The van der Waals surface area contributed by atoms with E-state index in [0.29, 0.717) is 22.0 Å². The van der Waals surface area contributed by atoms with Gasteiger partial charge < -0.3 is 10.1 Å². The van der Waals surface area contributed by atoms with Gasteiger partial charge in [0.1, 0.15) is 14.9 Å². The van der Waals surface area contributed by atoms with Gasteiger partial charge >= 0.3 is 5.97 Å². The summed E-state index contributed by atoms with van der Waals surface area (Å²) in [5.41, 5.74) is 5.69. The van der Waals surface area contributed by atoms with Crippen LogP contribution in [0.3, 0.4) is 0 Å². The third-order valence-electron chi connectivity index (χ3n) is 5.95. The molecule has 0 unspecified atom stereocenters. The van der Waals surface area contributed by atoms with Gasteiger partial charge in [-0.3, -0.25) is 4.79 Å². The number of aromatic nitrogens is 1. The number of esters is 1. The number of hydrogen-bond acceptors (Lipinski definition) is 6. The van der Waals surface area contributed by atoms with Gasteiger partial charge in [0, 0.05) is 11.1 Å². The van der Waals surface area contributed by atoms with E-state index in [4.69, 9.17) is 9.72 Å². The van der Waals surface area contributed by atoms with Gasteiger partial charge in [-0.2, -0.15) is 0 Å². The Kier molecular flexibility index (Phi) is 6.00. The molecule has 1 aliphatic carbocycles. The molecule has 168 valence electrons. The molecule has 1 aliphatic rings. The highest BCUT2D eigenvalue weighted by Gasteiger charge is 2.26. The van der Waals surface area contributed by atoms with Gasteiger partial charge in [0.2, 0.25) is 0 Å². The smallest absolute Gasteiger partial charge is 0.348 e. The van der Waals surface area contributed by atoms with E-state index in [9.17, 15) is 9.59 Å². The van der Waals surface area contributed by atoms with E-state index in [1.54, 1.807) is 18.3 Å². The molecule has 2 heterocycles. The number of nitrogens with zero attached hydrogens (tertiary/aromatic N) is 1. The highest BCUT2D eigenvalue weighted by atomic mass is 32.1. The Bertz CT molecular complexity index is 1340. The zero-order valence-electron chi connectivity index (χ0n) is 18.6. The molecule has 0 fully saturated rings. The first kappa shape index (κ1) is 21.8. The molecule has 0 aliphatic heterocycles. The summed E-state index contributed by atoms with van der Waals surface area (Å²) in [6, 6.07) is 13.9. The van der Waals surface area contributed by atoms with Crippen LogP contribution in [-0.4, -0.2) is 23.5 Å². The van der Waals surface area contributed by atoms with Crippen molar-refractivity contribution < 1.29 is 14.3 Å². The molecule has 5 nitrogen and oxygen atoms in total. The van der Waals surface area contributed by atoms with Gasteiger partial charge in [0.25, 0.3) is 5.91 Å². The molecule has 0 saturated heterocycles. The third-order valence-corrected chi connectivity index (χ3v) is 8.19. The van der Waals surface area contributed by atoms with Crippen LogP contribution < -0.4 is 5.32 Å². The molecule has 1 amide bonds. The summed E-state index contributed by atoms with van der Waals surface area (Å²) in [4.78, 5) is 31.1. The molecular formula is C26H24N2O3S2. The van der Waals surface area contributed by atoms with Crippen molar-refractivity contribution >= 4 is 49.8 Å². The lowest BCUT2D eigenvalue weighted by atomic mass is 9.90. The van der Waals surface area contributed by atoms with Crippen molar-refractivity contribution in [1.82, 2.24) is 4.98 Å². The molecular weight excluding hydrogens is 452 g/mol. The first-order valence-corrected chi connectivity index (χ1v) is 12.8. The van der Waals surface area contributed by atoms with Crippen molar-refractivity contribution in [3.05, 3.63) is 69.6 Å². The van der Waals surface area contributed by atoms with Gasteiger partial charge in [-0.1, -0.05) is 18.2 Å². The van der Waals surface area contributed by atoms with Gasteiger partial charge in [0.15, 0.2) is 0 Å². The molecule has 0 atom stereocenters. The number of fused-ring (bicyclic) bond motifs is 2. The number of carbonyl (C=O) groups excluding carboxylic acids is 2. The minimum atomic E-state index is -0.378. The average molecular weight is 477 g/mol. The summed E-state index contributed by atoms with van der Waals surface area (Å²) in [6.07, 6.45) is 4.45. The Balaban J connectivity index is 1.55. The van der Waals surface area contributed by atoms with Crippen molar-refractivity contribution in [2.75, 3.05) is 11.9 Å². The summed E-state index contributed by atoms with van der Waals surface area (Å²) in [6.45, 7) is 3.97. The van der Waals surface area contributed by atoms with Crippen LogP contribution in [0.15, 0.2) is 42.5 Å². The van der Waals surface area contributed by atoms with Gasteiger partial charge in [-0.05, 0) is 80.5 Å². The van der Waals surface area contributed by atoms with Crippen molar-refractivity contribution in [3.8, 4) is 10.6 Å². The zero-order chi connectivity index (χ0) is 22.9. The third kappa shape index (κ3) is 4.18. The fourth-order valence-corrected chi connectivity index (χ4v) is 6.52. The Labute approximate surface area is 200 Å². The monoisotopic (exact) mass is 476 g/mol. The van der Waals surface area contributed by atoms with Crippen LogP contribution in [0.1, 0.15) is 56.5 Å². The highest BCUT2D eigenvalue weighted by Crippen LogP contribution is 2.43. The number of benzene rings is 2. The van der Waals surface area contributed by atoms with Crippen LogP contribution in [0.4, 0.5) is 5.00 Å². The van der Waals surface area contributed by atoms with E-state index in [1.807, 2.05) is 43.3 Å². The first-order valence-electron chi connectivity index (χ1n) is 11.1. The maximum absolute atomic E-state index is 13.2. The first-order chi connectivity index (χ1) is 16.0. The number of nitrogens with one attached hydrogen (secondary N) is 1. The van der Waals surface area contributed by atoms with Crippen LogP contribution in [0, 0.1) is 6.92 Å². The summed E-state index contributed by atoms with van der Waals surface area (Å²) in [5, 5.41) is 4.47. The van der Waals surface area contributed by atoms with Gasteiger partial charge in [-0.15, -0.1) is 22.7 Å². The Hall–Kier alpha value is -3.03. The number of para-hydroxylation sites is 1. The number of carbonyl (C=O) groups is 2. The number of amides is 1. The molecule has 0 spiro atoms. The molecule has 33 heavy (non-hydrogen) atoms. The topological polar surface area (TPSA) is 68.3 Å². The van der Waals surface area contributed by atoms with E-state index in [0.717, 1.165) is 45.6 Å². The van der Waals surface area contributed by atoms with Crippen LogP contribution >= 0.6 is 22.7 Å². The van der Waals surface area contributed by atoms with Crippen LogP contribution in [0.25, 0.3) is 20.8 Å². The fourth-order valence-electron chi connectivity index (χ4n) is 4.28. The Morgan fingerprint density at radius 3 is 2.64 bits per heavy atom. The normalized spacial score (nSPS) is 13.0. The predicted octanol–water partition coefficient (Wildman–Crippen LogP) is 6.64. The van der Waals surface area contributed by atoms with Gasteiger partial charge in [-0.25, -0.2) is 9.78 Å². The van der Waals surface area contributed by atoms with Crippen molar-refractivity contribution in [3.63, 3.8) is 0 Å². The summed E-state index contributed by atoms with van der Waals surface area (Å²) >= 11 is 2.80. The zero-order valence-corrected chi connectivity index (χ0v) is 20.2. The standard InChI is InChI=1S/C26H24N2O3S2/c1-3-31-26(30)22-15(2)21(24-27-19-10-6-7-11-20(19)32-24)25(33-22)28-23(29)18-13-12-16-8-4-5-9-17(16)14-18/h6-7,10-14H,3-5,8-9H2,1-2H3,(H,28,29). The fraction of sp³-hybridized carbons (Fsp3) is 0.269. The second-order valence-corrected chi connectivity index (χ2v) is 10.2. The molecule has 2 aromatic heterocycles. The molecule has 4 aromatic rings. The van der Waals surface area contributed by atoms with E-state index in [1.165, 1.54) is 28.9 Å². The van der Waals surface area contributed by atoms with Crippen LogP contribution in [-0.2, 0) is 17.6 Å². The molecule has 1 N–H and O–H groups in total. The second-order valence-electron chi connectivity index (χ2n) is 8.11. The minimum absolute atomic E-state index is 0.178. The minimum Gasteiger partial charge on any atom is -0.462 e. The summed E-state index contributed by atoms with van der Waals surface area (Å²) in [7, 11) is 0. The molecule has 2 aromatic carbocycles. The van der Waals surface area contributed by atoms with E-state index >= 15 is 0 Å². The summed E-state index contributed by atoms with van der Waals surface area (Å²) < 4.78 is 6.32. The lowest BCUT2D eigenvalue weighted by molar-refractivity contribution is 0.0531. The van der Waals surface area contributed by atoms with Gasteiger partial charge in [0.05, 0.1) is 16.8 Å². The molecule has 0 radical (unpaired) electrons. The number of thiazole rings is 1. The Morgan fingerprint density at radius 2 is 1.85 bits per heavy atom. The van der Waals surface area contributed by atoms with Crippen LogP contribution in [0.2, 0.25) is 0 Å². The van der Waals surface area contributed by atoms with Crippen molar-refractivity contribution in [2.45, 2.75) is 39.5 Å². The molecule has 7 heteroatoms. The number of rotatable bonds is 5. The van der Waals surface area contributed by atoms with Crippen molar-refractivity contribution in [2.24, 2.45) is 0 Å². The number of hydrogen-bond donors (Lipinski definition) is 1. The lowest BCUT2D eigenvalue weighted by Gasteiger charge is -2.16. The molecule has 0 saturated carbocycles. The maximum atomic E-state index is 13.2. The number of ether oxygens (including phenoxy) is 1. The average Bonchev–Trinajstić information content (AvgIpc) is 3.39. The lowest BCUT2D eigenvalue weighted by Crippen LogP contribution is -2.13. The van der Waals surface area contributed by atoms with E-state index in [-0.39, 0.29) is 11.9 Å². The van der Waals surface area contributed by atoms with Crippen molar-refractivity contribution in [1.29, 1.82) is 0 Å². The Morgan fingerprint density at radius 1 is 1.06 bits per heavy atom. The largest absolute Gasteiger partial charge is 0.462 e. The quantitative estimate of drug-likeness (QED) is 0.328. The number of thiophene rings is 1. The summed E-state index contributed by atoms with van der Waals surface area (Å²) in [5.74, 6) is -0.556. The highest BCUT2D eigenvalue weighted by molar-refractivity contribution is 7.23. The molecule has 0 bridgehead atoms. The molecule has 5 rings (SSSR count). The van der Waals surface area contributed by atoms with Crippen LogP contribution in [0.5, 0.6) is 0 Å². The number of anilines is 1. The van der Waals surface area contributed by atoms with E-state index in [2.05, 4.69) is 11.4 Å². The SMILES string of the molecule is CCOC(=O)c1sc(NC(=O)c2ccc3c(c2)CCCC3)c(-c2nc3ccccc3s2)c1C. The second kappa shape index (κ2) is 9.08. The number of aryl methyl sites for hydroxylation is 2. The predicted molar refractivity (Wildman–Crippen MR) is 135 cm³/mol. The van der Waals surface area contributed by atoms with E-state index < -0.39 is 0 Å². The maximum Gasteiger partial charge on any atom is 0.348 e.